The average molecular weight is 276 g/mol. The van der Waals surface area contributed by atoms with Crippen molar-refractivity contribution in [2.45, 2.75) is 31.2 Å². The number of amides is 1. The first-order valence-electron chi connectivity index (χ1n) is 6.75. The van der Waals surface area contributed by atoms with E-state index in [1.807, 2.05) is 31.2 Å². The molecule has 1 aliphatic heterocycles. The third kappa shape index (κ3) is 2.18. The highest BCUT2D eigenvalue weighted by Crippen LogP contribution is 2.45. The van der Waals surface area contributed by atoms with Crippen molar-refractivity contribution in [1.82, 2.24) is 0 Å². The number of hydrogen-bond donors (Lipinski definition) is 2. The number of carbonyl (C=O) groups excluding carboxylic acids is 2. The standard InChI is InChI=1S/C15H20N2O3/c1-3-8-15(14(16)19)13(12(18)9-20-2)10-6-4-5-7-11(10)17-15/h4-7,13,17H,3,8-9H2,1-2H3,(H2,16,19). The number of benzene rings is 1. The van der Waals surface area contributed by atoms with Crippen LogP contribution in [0.25, 0.3) is 0 Å². The molecule has 0 aromatic heterocycles. The number of ether oxygens (including phenoxy) is 1. The molecule has 108 valence electrons. The van der Waals surface area contributed by atoms with E-state index in [-0.39, 0.29) is 12.4 Å². The van der Waals surface area contributed by atoms with E-state index in [4.69, 9.17) is 10.5 Å². The van der Waals surface area contributed by atoms with Crippen molar-refractivity contribution in [3.8, 4) is 0 Å². The van der Waals surface area contributed by atoms with Gasteiger partial charge in [-0.05, 0) is 18.1 Å². The van der Waals surface area contributed by atoms with Crippen molar-refractivity contribution >= 4 is 17.4 Å². The monoisotopic (exact) mass is 276 g/mol. The van der Waals surface area contributed by atoms with E-state index < -0.39 is 17.4 Å². The summed E-state index contributed by atoms with van der Waals surface area (Å²) in [6.07, 6.45) is 1.26. The molecular weight excluding hydrogens is 256 g/mol. The Bertz CT molecular complexity index is 530. The Kier molecular flexibility index (Phi) is 4.09. The second kappa shape index (κ2) is 5.63. The number of carbonyl (C=O) groups is 2. The summed E-state index contributed by atoms with van der Waals surface area (Å²) in [6.45, 7) is 1.94. The van der Waals surface area contributed by atoms with Crippen LogP contribution in [0.4, 0.5) is 5.69 Å². The summed E-state index contributed by atoms with van der Waals surface area (Å²) in [7, 11) is 1.47. The van der Waals surface area contributed by atoms with Gasteiger partial charge in [0, 0.05) is 12.8 Å². The van der Waals surface area contributed by atoms with E-state index in [9.17, 15) is 9.59 Å². The van der Waals surface area contributed by atoms with Gasteiger partial charge in [0.25, 0.3) is 0 Å². The average Bonchev–Trinajstić information content (AvgIpc) is 2.74. The van der Waals surface area contributed by atoms with Gasteiger partial charge in [-0.15, -0.1) is 0 Å². The number of methoxy groups -OCH3 is 1. The number of anilines is 1. The van der Waals surface area contributed by atoms with Gasteiger partial charge in [-0.3, -0.25) is 9.59 Å². The zero-order valence-corrected chi connectivity index (χ0v) is 11.8. The van der Waals surface area contributed by atoms with Crippen LogP contribution in [0.2, 0.25) is 0 Å². The molecule has 3 N–H and O–H groups in total. The normalized spacial score (nSPS) is 24.0. The van der Waals surface area contributed by atoms with Crippen LogP contribution >= 0.6 is 0 Å². The second-order valence-corrected chi connectivity index (χ2v) is 5.13. The summed E-state index contributed by atoms with van der Waals surface area (Å²) in [5, 5.41) is 3.19. The van der Waals surface area contributed by atoms with Crippen molar-refractivity contribution in [3.05, 3.63) is 29.8 Å². The number of fused-ring (bicyclic) bond motifs is 1. The Balaban J connectivity index is 2.52. The number of Topliss-reactive ketones (excluding diaryl/α,β-unsaturated/α-hetero) is 1. The minimum atomic E-state index is -1.05. The molecule has 0 aliphatic carbocycles. The number of nitrogens with two attached hydrogens (primary N) is 1. The number of primary amides is 1. The topological polar surface area (TPSA) is 81.4 Å². The Labute approximate surface area is 118 Å². The van der Waals surface area contributed by atoms with Crippen molar-refractivity contribution in [3.63, 3.8) is 0 Å². The molecule has 1 aliphatic rings. The lowest BCUT2D eigenvalue weighted by Crippen LogP contribution is -2.54. The van der Waals surface area contributed by atoms with Gasteiger partial charge in [0.05, 0.1) is 5.92 Å². The molecule has 20 heavy (non-hydrogen) atoms. The van der Waals surface area contributed by atoms with Gasteiger partial charge in [-0.25, -0.2) is 0 Å². The minimum absolute atomic E-state index is 0.0283. The molecule has 0 saturated carbocycles. The van der Waals surface area contributed by atoms with Crippen LogP contribution in [0, 0.1) is 0 Å². The first kappa shape index (κ1) is 14.5. The van der Waals surface area contributed by atoms with Gasteiger partial charge in [-0.1, -0.05) is 31.5 Å². The van der Waals surface area contributed by atoms with Crippen molar-refractivity contribution in [1.29, 1.82) is 0 Å². The highest BCUT2D eigenvalue weighted by molar-refractivity contribution is 6.03. The molecule has 0 saturated heterocycles. The largest absolute Gasteiger partial charge is 0.377 e. The van der Waals surface area contributed by atoms with Crippen molar-refractivity contribution in [2.75, 3.05) is 19.0 Å². The van der Waals surface area contributed by atoms with Gasteiger partial charge < -0.3 is 15.8 Å². The second-order valence-electron chi connectivity index (χ2n) is 5.13. The third-order valence-electron chi connectivity index (χ3n) is 3.81. The lowest BCUT2D eigenvalue weighted by atomic mass is 9.76. The molecule has 1 amide bonds. The zero-order valence-electron chi connectivity index (χ0n) is 11.8. The summed E-state index contributed by atoms with van der Waals surface area (Å²) < 4.78 is 4.95. The molecule has 5 nitrogen and oxygen atoms in total. The predicted octanol–water partition coefficient (Wildman–Crippen LogP) is 1.44. The molecule has 2 rings (SSSR count). The van der Waals surface area contributed by atoms with Crippen LogP contribution < -0.4 is 11.1 Å². The smallest absolute Gasteiger partial charge is 0.244 e. The van der Waals surface area contributed by atoms with Gasteiger partial charge in [0.2, 0.25) is 5.91 Å². The first-order chi connectivity index (χ1) is 9.56. The maximum atomic E-state index is 12.4. The SMILES string of the molecule is CCCC1(C(N)=O)Nc2ccccc2C1C(=O)COC. The van der Waals surface area contributed by atoms with Crippen molar-refractivity contribution < 1.29 is 14.3 Å². The lowest BCUT2D eigenvalue weighted by molar-refractivity contribution is -0.131. The van der Waals surface area contributed by atoms with E-state index in [1.165, 1.54) is 7.11 Å². The third-order valence-corrected chi connectivity index (χ3v) is 3.81. The van der Waals surface area contributed by atoms with Gasteiger partial charge in [-0.2, -0.15) is 0 Å². The van der Waals surface area contributed by atoms with Gasteiger partial charge in [0.1, 0.15) is 12.1 Å². The minimum Gasteiger partial charge on any atom is -0.377 e. The van der Waals surface area contributed by atoms with Crippen LogP contribution in [-0.4, -0.2) is 30.9 Å². The molecule has 2 atom stereocenters. The zero-order chi connectivity index (χ0) is 14.8. The van der Waals surface area contributed by atoms with Gasteiger partial charge >= 0.3 is 0 Å². The molecule has 2 unspecified atom stereocenters. The fourth-order valence-corrected chi connectivity index (χ4v) is 3.04. The van der Waals surface area contributed by atoms with Crippen LogP contribution in [0.5, 0.6) is 0 Å². The summed E-state index contributed by atoms with van der Waals surface area (Å²) >= 11 is 0. The van der Waals surface area contributed by atoms with Crippen molar-refractivity contribution in [2.24, 2.45) is 5.73 Å². The number of ketones is 1. The van der Waals surface area contributed by atoms with E-state index in [0.717, 1.165) is 17.7 Å². The van der Waals surface area contributed by atoms with Gasteiger partial charge in [0.15, 0.2) is 5.78 Å². The fraction of sp³-hybridized carbons (Fsp3) is 0.467. The Hall–Kier alpha value is -1.88. The lowest BCUT2D eigenvalue weighted by Gasteiger charge is -2.32. The Morgan fingerprint density at radius 2 is 2.10 bits per heavy atom. The summed E-state index contributed by atoms with van der Waals surface area (Å²) in [4.78, 5) is 24.5. The number of hydrogen-bond acceptors (Lipinski definition) is 4. The van der Waals surface area contributed by atoms with E-state index >= 15 is 0 Å². The Morgan fingerprint density at radius 1 is 1.40 bits per heavy atom. The number of nitrogens with one attached hydrogen (secondary N) is 1. The molecule has 1 aromatic carbocycles. The maximum Gasteiger partial charge on any atom is 0.244 e. The molecule has 1 aromatic rings. The molecule has 0 fully saturated rings. The molecule has 0 spiro atoms. The maximum absolute atomic E-state index is 12.4. The Morgan fingerprint density at radius 3 is 2.70 bits per heavy atom. The molecule has 5 heteroatoms. The number of rotatable bonds is 6. The molecule has 0 radical (unpaired) electrons. The summed E-state index contributed by atoms with van der Waals surface area (Å²) in [6, 6.07) is 7.45. The van der Waals surface area contributed by atoms with Crippen LogP contribution in [0.3, 0.4) is 0 Å². The van der Waals surface area contributed by atoms with E-state index in [2.05, 4.69) is 5.32 Å². The highest BCUT2D eigenvalue weighted by Gasteiger charge is 2.52. The first-order valence-corrected chi connectivity index (χ1v) is 6.75. The predicted molar refractivity (Wildman–Crippen MR) is 76.5 cm³/mol. The molecule has 1 heterocycles. The van der Waals surface area contributed by atoms with E-state index in [1.54, 1.807) is 0 Å². The van der Waals surface area contributed by atoms with Crippen LogP contribution in [0.15, 0.2) is 24.3 Å². The highest BCUT2D eigenvalue weighted by atomic mass is 16.5. The fourth-order valence-electron chi connectivity index (χ4n) is 3.04. The van der Waals surface area contributed by atoms with Crippen LogP contribution in [-0.2, 0) is 14.3 Å². The van der Waals surface area contributed by atoms with E-state index in [0.29, 0.717) is 6.42 Å². The quantitative estimate of drug-likeness (QED) is 0.823. The summed E-state index contributed by atoms with van der Waals surface area (Å²) in [5.74, 6) is -1.21. The number of para-hydroxylation sites is 1. The molecule has 0 bridgehead atoms. The van der Waals surface area contributed by atoms with Crippen LogP contribution in [0.1, 0.15) is 31.2 Å². The summed E-state index contributed by atoms with van der Waals surface area (Å²) in [5.41, 5.74) is 6.20. The molecular formula is C15H20N2O3.